The van der Waals surface area contributed by atoms with Gasteiger partial charge in [-0.3, -0.25) is 0 Å². The lowest BCUT2D eigenvalue weighted by Crippen LogP contribution is -2.15. The van der Waals surface area contributed by atoms with Gasteiger partial charge in [0, 0.05) is 0 Å². The van der Waals surface area contributed by atoms with Crippen LogP contribution in [0.2, 0.25) is 0 Å². The standard InChI is InChI=1S/C8H17N/c1-3-7(5-9)8-4-6(8)2/h6-8H,3-5,9H2,1-2H3. The van der Waals surface area contributed by atoms with Gasteiger partial charge in [-0.05, 0) is 30.7 Å². The van der Waals surface area contributed by atoms with Crippen molar-refractivity contribution in [2.45, 2.75) is 26.7 Å². The molecule has 0 radical (unpaired) electrons. The molecule has 0 amide bonds. The second-order valence-corrected chi connectivity index (χ2v) is 3.28. The maximum absolute atomic E-state index is 5.59. The molecule has 0 heterocycles. The first-order valence-corrected chi connectivity index (χ1v) is 3.99. The van der Waals surface area contributed by atoms with Crippen molar-refractivity contribution in [3.63, 3.8) is 0 Å². The molecule has 54 valence electrons. The molecule has 0 saturated heterocycles. The molecule has 1 saturated carbocycles. The van der Waals surface area contributed by atoms with Crippen molar-refractivity contribution in [3.05, 3.63) is 0 Å². The quantitative estimate of drug-likeness (QED) is 0.612. The fourth-order valence-electron chi connectivity index (χ4n) is 1.65. The number of hydrogen-bond acceptors (Lipinski definition) is 1. The van der Waals surface area contributed by atoms with Crippen molar-refractivity contribution in [1.29, 1.82) is 0 Å². The van der Waals surface area contributed by atoms with Gasteiger partial charge in [-0.1, -0.05) is 20.3 Å². The van der Waals surface area contributed by atoms with E-state index in [1.807, 2.05) is 0 Å². The van der Waals surface area contributed by atoms with E-state index in [-0.39, 0.29) is 0 Å². The van der Waals surface area contributed by atoms with Gasteiger partial charge < -0.3 is 5.73 Å². The fraction of sp³-hybridized carbons (Fsp3) is 1.00. The van der Waals surface area contributed by atoms with E-state index in [2.05, 4.69) is 13.8 Å². The molecule has 1 heteroatoms. The Morgan fingerprint density at radius 2 is 2.22 bits per heavy atom. The predicted octanol–water partition coefficient (Wildman–Crippen LogP) is 1.63. The lowest BCUT2D eigenvalue weighted by molar-refractivity contribution is 0.438. The van der Waals surface area contributed by atoms with Crippen LogP contribution in [0, 0.1) is 17.8 Å². The molecular weight excluding hydrogens is 110 g/mol. The summed E-state index contributed by atoms with van der Waals surface area (Å²) in [6, 6.07) is 0. The van der Waals surface area contributed by atoms with Crippen LogP contribution in [0.5, 0.6) is 0 Å². The van der Waals surface area contributed by atoms with Gasteiger partial charge in [-0.15, -0.1) is 0 Å². The average molecular weight is 127 g/mol. The molecule has 2 N–H and O–H groups in total. The first-order chi connectivity index (χ1) is 4.29. The Labute approximate surface area is 57.6 Å². The van der Waals surface area contributed by atoms with E-state index in [0.29, 0.717) is 0 Å². The van der Waals surface area contributed by atoms with Gasteiger partial charge >= 0.3 is 0 Å². The van der Waals surface area contributed by atoms with Crippen LogP contribution in [0.3, 0.4) is 0 Å². The highest BCUT2D eigenvalue weighted by molar-refractivity contribution is 4.87. The van der Waals surface area contributed by atoms with Gasteiger partial charge in [0.05, 0.1) is 0 Å². The van der Waals surface area contributed by atoms with Crippen LogP contribution in [-0.4, -0.2) is 6.54 Å². The van der Waals surface area contributed by atoms with Crippen LogP contribution >= 0.6 is 0 Å². The summed E-state index contributed by atoms with van der Waals surface area (Å²) < 4.78 is 0. The molecule has 1 aliphatic rings. The van der Waals surface area contributed by atoms with Crippen molar-refractivity contribution < 1.29 is 0 Å². The van der Waals surface area contributed by atoms with Crippen molar-refractivity contribution in [2.24, 2.45) is 23.5 Å². The van der Waals surface area contributed by atoms with Crippen molar-refractivity contribution in [2.75, 3.05) is 6.54 Å². The Morgan fingerprint density at radius 1 is 1.67 bits per heavy atom. The van der Waals surface area contributed by atoms with Gasteiger partial charge in [0.25, 0.3) is 0 Å². The van der Waals surface area contributed by atoms with Gasteiger partial charge in [0.15, 0.2) is 0 Å². The molecule has 0 aromatic carbocycles. The summed E-state index contributed by atoms with van der Waals surface area (Å²) in [4.78, 5) is 0. The van der Waals surface area contributed by atoms with Crippen LogP contribution in [-0.2, 0) is 0 Å². The van der Waals surface area contributed by atoms with E-state index in [4.69, 9.17) is 5.73 Å². The van der Waals surface area contributed by atoms with Gasteiger partial charge in [-0.2, -0.15) is 0 Å². The third-order valence-electron chi connectivity index (χ3n) is 2.60. The minimum absolute atomic E-state index is 0.819. The summed E-state index contributed by atoms with van der Waals surface area (Å²) >= 11 is 0. The Balaban J connectivity index is 2.23. The average Bonchev–Trinajstić information content (AvgIpc) is 2.51. The third-order valence-corrected chi connectivity index (χ3v) is 2.60. The molecule has 0 bridgehead atoms. The van der Waals surface area contributed by atoms with Crippen LogP contribution in [0.1, 0.15) is 26.7 Å². The number of rotatable bonds is 3. The van der Waals surface area contributed by atoms with E-state index in [0.717, 1.165) is 24.3 Å². The van der Waals surface area contributed by atoms with E-state index in [9.17, 15) is 0 Å². The van der Waals surface area contributed by atoms with Crippen LogP contribution in [0.25, 0.3) is 0 Å². The zero-order chi connectivity index (χ0) is 6.85. The van der Waals surface area contributed by atoms with Gasteiger partial charge in [0.2, 0.25) is 0 Å². The van der Waals surface area contributed by atoms with Crippen LogP contribution in [0.4, 0.5) is 0 Å². The summed E-state index contributed by atoms with van der Waals surface area (Å²) in [5.74, 6) is 2.76. The summed E-state index contributed by atoms with van der Waals surface area (Å²) in [5, 5.41) is 0. The SMILES string of the molecule is CCC(CN)C1CC1C. The second-order valence-electron chi connectivity index (χ2n) is 3.28. The Bertz CT molecular complexity index is 86.6. The minimum Gasteiger partial charge on any atom is -0.330 e. The highest BCUT2D eigenvalue weighted by atomic mass is 14.6. The molecule has 1 aliphatic carbocycles. The molecule has 9 heavy (non-hydrogen) atoms. The summed E-state index contributed by atoms with van der Waals surface area (Å²) in [6.07, 6.45) is 2.70. The highest BCUT2D eigenvalue weighted by Gasteiger charge is 2.37. The van der Waals surface area contributed by atoms with Gasteiger partial charge in [0.1, 0.15) is 0 Å². The van der Waals surface area contributed by atoms with Crippen LogP contribution < -0.4 is 5.73 Å². The Kier molecular flexibility index (Phi) is 2.12. The second kappa shape index (κ2) is 2.70. The molecule has 0 aromatic heterocycles. The van der Waals surface area contributed by atoms with E-state index < -0.39 is 0 Å². The van der Waals surface area contributed by atoms with Crippen LogP contribution in [0.15, 0.2) is 0 Å². The predicted molar refractivity (Wildman–Crippen MR) is 40.1 cm³/mol. The van der Waals surface area contributed by atoms with Crippen molar-refractivity contribution in [3.8, 4) is 0 Å². The molecular formula is C8H17N. The summed E-state index contributed by atoms with van der Waals surface area (Å²) in [5.41, 5.74) is 5.59. The summed E-state index contributed by atoms with van der Waals surface area (Å²) in [7, 11) is 0. The molecule has 3 atom stereocenters. The molecule has 3 unspecified atom stereocenters. The van der Waals surface area contributed by atoms with E-state index in [1.165, 1.54) is 12.8 Å². The fourth-order valence-corrected chi connectivity index (χ4v) is 1.65. The van der Waals surface area contributed by atoms with E-state index in [1.54, 1.807) is 0 Å². The Hall–Kier alpha value is -0.0400. The number of hydrogen-bond donors (Lipinski definition) is 1. The summed E-state index contributed by atoms with van der Waals surface area (Å²) in [6.45, 7) is 5.46. The highest BCUT2D eigenvalue weighted by Crippen LogP contribution is 2.44. The maximum Gasteiger partial charge on any atom is -0.00462 e. The normalized spacial score (nSPS) is 36.3. The molecule has 0 aromatic rings. The Morgan fingerprint density at radius 3 is 2.33 bits per heavy atom. The molecule has 1 rings (SSSR count). The molecule has 0 aliphatic heterocycles. The third kappa shape index (κ3) is 1.45. The molecule has 1 fully saturated rings. The molecule has 1 nitrogen and oxygen atoms in total. The molecule has 0 spiro atoms. The minimum atomic E-state index is 0.819. The first kappa shape index (κ1) is 7.07. The lowest BCUT2D eigenvalue weighted by Gasteiger charge is -2.09. The zero-order valence-corrected chi connectivity index (χ0v) is 6.43. The van der Waals surface area contributed by atoms with E-state index >= 15 is 0 Å². The number of nitrogens with two attached hydrogens (primary N) is 1. The van der Waals surface area contributed by atoms with Crippen molar-refractivity contribution >= 4 is 0 Å². The zero-order valence-electron chi connectivity index (χ0n) is 6.43. The van der Waals surface area contributed by atoms with Crippen molar-refractivity contribution in [1.82, 2.24) is 0 Å². The topological polar surface area (TPSA) is 26.0 Å². The monoisotopic (exact) mass is 127 g/mol. The largest absolute Gasteiger partial charge is 0.330 e. The maximum atomic E-state index is 5.59. The lowest BCUT2D eigenvalue weighted by atomic mass is 10.00. The van der Waals surface area contributed by atoms with Gasteiger partial charge in [-0.25, -0.2) is 0 Å². The first-order valence-electron chi connectivity index (χ1n) is 3.99. The smallest absolute Gasteiger partial charge is 0.00462 e.